The van der Waals surface area contributed by atoms with Gasteiger partial charge in [-0.1, -0.05) is 12.1 Å². The van der Waals surface area contributed by atoms with Crippen LogP contribution in [0.1, 0.15) is 43.2 Å². The van der Waals surface area contributed by atoms with Gasteiger partial charge in [-0.15, -0.1) is 0 Å². The van der Waals surface area contributed by atoms with Crippen molar-refractivity contribution < 1.29 is 9.47 Å². The summed E-state index contributed by atoms with van der Waals surface area (Å²) < 4.78 is 13.8. The highest BCUT2D eigenvalue weighted by Crippen LogP contribution is 2.35. The van der Waals surface area contributed by atoms with E-state index in [9.17, 15) is 0 Å². The molecule has 24 heavy (non-hydrogen) atoms. The largest absolute Gasteiger partial charge is 0.487 e. The second-order valence-electron chi connectivity index (χ2n) is 7.43. The maximum absolute atomic E-state index is 5.96. The fourth-order valence-electron chi connectivity index (χ4n) is 3.78. The Morgan fingerprint density at radius 1 is 1.33 bits per heavy atom. The van der Waals surface area contributed by atoms with E-state index in [2.05, 4.69) is 42.5 Å². The number of nitrogens with one attached hydrogen (secondary N) is 1. The summed E-state index contributed by atoms with van der Waals surface area (Å²) in [7, 11) is 1.97. The van der Waals surface area contributed by atoms with Gasteiger partial charge in [0.05, 0.1) is 5.69 Å². The first kappa shape index (κ1) is 15.7. The first-order chi connectivity index (χ1) is 11.5. The van der Waals surface area contributed by atoms with Gasteiger partial charge in [-0.2, -0.15) is 5.10 Å². The van der Waals surface area contributed by atoms with Gasteiger partial charge in [-0.3, -0.25) is 4.68 Å². The zero-order valence-electron chi connectivity index (χ0n) is 14.6. The van der Waals surface area contributed by atoms with Crippen molar-refractivity contribution in [3.8, 4) is 5.75 Å². The van der Waals surface area contributed by atoms with Gasteiger partial charge >= 0.3 is 0 Å². The first-order valence-electron chi connectivity index (χ1n) is 8.65. The number of hydrogen-bond acceptors (Lipinski definition) is 4. The summed E-state index contributed by atoms with van der Waals surface area (Å²) in [5, 5.41) is 7.93. The van der Waals surface area contributed by atoms with Crippen molar-refractivity contribution in [2.75, 3.05) is 6.61 Å². The zero-order chi connectivity index (χ0) is 16.7. The molecule has 1 aromatic carbocycles. The van der Waals surface area contributed by atoms with E-state index in [-0.39, 0.29) is 11.7 Å². The Balaban J connectivity index is 1.43. The van der Waals surface area contributed by atoms with Crippen LogP contribution < -0.4 is 10.1 Å². The van der Waals surface area contributed by atoms with Gasteiger partial charge in [0.15, 0.2) is 0 Å². The minimum absolute atomic E-state index is 0.0780. The highest BCUT2D eigenvalue weighted by Gasteiger charge is 2.32. The molecule has 1 saturated heterocycles. The molecule has 0 bridgehead atoms. The number of fused-ring (bicyclic) bond motifs is 1. The molecule has 2 aliphatic heterocycles. The van der Waals surface area contributed by atoms with E-state index >= 15 is 0 Å². The summed E-state index contributed by atoms with van der Waals surface area (Å²) in [6.07, 6.45) is 3.90. The molecule has 0 spiro atoms. The van der Waals surface area contributed by atoms with Crippen molar-refractivity contribution in [3.05, 3.63) is 47.3 Å². The highest BCUT2D eigenvalue weighted by atomic mass is 16.5. The maximum atomic E-state index is 5.96. The van der Waals surface area contributed by atoms with Gasteiger partial charge in [0.1, 0.15) is 17.5 Å². The molecular formula is C19H25N3O2. The summed E-state index contributed by atoms with van der Waals surface area (Å²) in [4.78, 5) is 0. The van der Waals surface area contributed by atoms with Gasteiger partial charge in [-0.25, -0.2) is 0 Å². The van der Waals surface area contributed by atoms with E-state index in [1.807, 2.05) is 24.0 Å². The van der Waals surface area contributed by atoms with Crippen molar-refractivity contribution in [2.45, 2.75) is 51.0 Å². The number of rotatable bonds is 4. The van der Waals surface area contributed by atoms with Gasteiger partial charge in [0, 0.05) is 38.9 Å². The van der Waals surface area contributed by atoms with Crippen LogP contribution in [0.4, 0.5) is 0 Å². The second-order valence-corrected chi connectivity index (χ2v) is 7.43. The Labute approximate surface area is 143 Å². The number of hydrogen-bond donors (Lipinski definition) is 1. The standard InChI is InChI=1S/C19H25N3O2/c1-19(2)11-14-10-13(4-5-17(14)24-19)12-20-15-7-9-23-18(15)16-6-8-21-22(16)3/h4-6,8,10,15,18,20H,7,9,11-12H2,1-3H3/t15-,18-/m0/s1. The number of aromatic nitrogens is 2. The number of benzene rings is 1. The molecule has 5 heteroatoms. The third kappa shape index (κ3) is 2.94. The van der Waals surface area contributed by atoms with Crippen LogP contribution in [-0.2, 0) is 24.8 Å². The van der Waals surface area contributed by atoms with E-state index in [0.717, 1.165) is 37.4 Å². The molecule has 0 radical (unpaired) electrons. The van der Waals surface area contributed by atoms with Crippen LogP contribution in [-0.4, -0.2) is 28.0 Å². The lowest BCUT2D eigenvalue weighted by Gasteiger charge is -2.20. The van der Waals surface area contributed by atoms with Crippen molar-refractivity contribution >= 4 is 0 Å². The molecule has 3 heterocycles. The van der Waals surface area contributed by atoms with Crippen molar-refractivity contribution in [3.63, 3.8) is 0 Å². The third-order valence-electron chi connectivity index (χ3n) is 4.94. The third-order valence-corrected chi connectivity index (χ3v) is 4.94. The molecule has 2 aromatic rings. The van der Waals surface area contributed by atoms with Gasteiger partial charge in [0.2, 0.25) is 0 Å². The number of nitrogens with zero attached hydrogens (tertiary/aromatic N) is 2. The Bertz CT molecular complexity index is 738. The van der Waals surface area contributed by atoms with Crippen LogP contribution in [0, 0.1) is 0 Å². The quantitative estimate of drug-likeness (QED) is 0.938. The number of aryl methyl sites for hydroxylation is 1. The Morgan fingerprint density at radius 2 is 2.21 bits per heavy atom. The van der Waals surface area contributed by atoms with Crippen LogP contribution >= 0.6 is 0 Å². The van der Waals surface area contributed by atoms with Gasteiger partial charge in [-0.05, 0) is 43.5 Å². The van der Waals surface area contributed by atoms with Crippen LogP contribution in [0.3, 0.4) is 0 Å². The molecule has 5 nitrogen and oxygen atoms in total. The molecular weight excluding hydrogens is 302 g/mol. The molecule has 1 N–H and O–H groups in total. The molecule has 1 aromatic heterocycles. The minimum Gasteiger partial charge on any atom is -0.487 e. The maximum Gasteiger partial charge on any atom is 0.123 e. The first-order valence-corrected chi connectivity index (χ1v) is 8.65. The normalized spacial score (nSPS) is 24.8. The van der Waals surface area contributed by atoms with Crippen LogP contribution in [0.15, 0.2) is 30.5 Å². The fraction of sp³-hybridized carbons (Fsp3) is 0.526. The molecule has 2 atom stereocenters. The van der Waals surface area contributed by atoms with Gasteiger partial charge in [0.25, 0.3) is 0 Å². The monoisotopic (exact) mass is 327 g/mol. The molecule has 0 saturated carbocycles. The Kier molecular flexibility index (Phi) is 3.85. The Morgan fingerprint density at radius 3 is 3.00 bits per heavy atom. The van der Waals surface area contributed by atoms with Crippen LogP contribution in [0.25, 0.3) is 0 Å². The molecule has 4 rings (SSSR count). The summed E-state index contributed by atoms with van der Waals surface area (Å²) in [6, 6.07) is 8.89. The fourth-order valence-corrected chi connectivity index (χ4v) is 3.78. The van der Waals surface area contributed by atoms with Crippen LogP contribution in [0.5, 0.6) is 5.75 Å². The molecule has 1 fully saturated rings. The predicted molar refractivity (Wildman–Crippen MR) is 92.0 cm³/mol. The predicted octanol–water partition coefficient (Wildman–Crippen LogP) is 2.75. The molecule has 2 aliphatic rings. The lowest BCUT2D eigenvalue weighted by molar-refractivity contribution is 0.0919. The lowest BCUT2D eigenvalue weighted by atomic mass is 10.00. The summed E-state index contributed by atoms with van der Waals surface area (Å²) in [5.74, 6) is 1.03. The van der Waals surface area contributed by atoms with E-state index in [4.69, 9.17) is 9.47 Å². The number of ether oxygens (including phenoxy) is 2. The van der Waals surface area contributed by atoms with Crippen molar-refractivity contribution in [1.82, 2.24) is 15.1 Å². The smallest absolute Gasteiger partial charge is 0.123 e. The van der Waals surface area contributed by atoms with Crippen molar-refractivity contribution in [2.24, 2.45) is 7.05 Å². The topological polar surface area (TPSA) is 48.3 Å². The zero-order valence-corrected chi connectivity index (χ0v) is 14.6. The molecule has 0 unspecified atom stereocenters. The summed E-state index contributed by atoms with van der Waals surface area (Å²) in [6.45, 7) is 5.91. The Hall–Kier alpha value is -1.85. The van der Waals surface area contributed by atoms with E-state index < -0.39 is 0 Å². The van der Waals surface area contributed by atoms with Crippen molar-refractivity contribution in [1.29, 1.82) is 0 Å². The van der Waals surface area contributed by atoms with E-state index in [1.54, 1.807) is 0 Å². The molecule has 128 valence electrons. The summed E-state index contributed by atoms with van der Waals surface area (Å²) >= 11 is 0. The average Bonchev–Trinajstić information content (AvgIpc) is 3.21. The average molecular weight is 327 g/mol. The second kappa shape index (κ2) is 5.90. The lowest BCUT2D eigenvalue weighted by Crippen LogP contribution is -2.32. The highest BCUT2D eigenvalue weighted by molar-refractivity contribution is 5.41. The molecule has 0 amide bonds. The summed E-state index contributed by atoms with van der Waals surface area (Å²) in [5.41, 5.74) is 3.66. The SMILES string of the molecule is Cn1nccc1[C@H]1OCC[C@@H]1NCc1ccc2c(c1)CC(C)(C)O2. The van der Waals surface area contributed by atoms with E-state index in [1.165, 1.54) is 11.1 Å². The van der Waals surface area contributed by atoms with Crippen LogP contribution in [0.2, 0.25) is 0 Å². The van der Waals surface area contributed by atoms with E-state index in [0.29, 0.717) is 6.04 Å². The minimum atomic E-state index is -0.0850. The molecule has 0 aliphatic carbocycles. The van der Waals surface area contributed by atoms with Gasteiger partial charge < -0.3 is 14.8 Å².